The maximum absolute atomic E-state index is 9.90. The Hall–Kier alpha value is -0.910. The molecule has 1 aromatic rings. The van der Waals surface area contributed by atoms with Gasteiger partial charge in [-0.3, -0.25) is 9.58 Å². The number of likely N-dealkylation sites (tertiary alicyclic amines) is 1. The van der Waals surface area contributed by atoms with Crippen molar-refractivity contribution in [3.63, 3.8) is 0 Å². The third-order valence-electron chi connectivity index (χ3n) is 2.88. The molecule has 0 spiro atoms. The molecule has 2 heterocycles. The first kappa shape index (κ1) is 10.6. The minimum Gasteiger partial charge on any atom is -0.390 e. The minimum absolute atomic E-state index is 0.0952. The Morgan fingerprint density at radius 1 is 1.47 bits per heavy atom. The molecule has 5 heteroatoms. The summed E-state index contributed by atoms with van der Waals surface area (Å²) in [6.07, 6.45) is 4.32. The van der Waals surface area contributed by atoms with Crippen molar-refractivity contribution in [2.45, 2.75) is 18.6 Å². The maximum atomic E-state index is 9.90. The number of rotatable bonds is 4. The highest BCUT2D eigenvalue weighted by Crippen LogP contribution is 2.21. The monoisotopic (exact) mass is 210 g/mol. The lowest BCUT2D eigenvalue weighted by atomic mass is 10.2. The van der Waals surface area contributed by atoms with E-state index >= 15 is 0 Å². The summed E-state index contributed by atoms with van der Waals surface area (Å²) < 4.78 is 1.84. The summed E-state index contributed by atoms with van der Waals surface area (Å²) in [6.45, 7) is 3.26. The molecule has 3 N–H and O–H groups in total. The molecule has 0 unspecified atom stereocenters. The molecule has 2 atom stereocenters. The maximum Gasteiger partial charge on any atom is 0.0917 e. The zero-order valence-electron chi connectivity index (χ0n) is 8.79. The largest absolute Gasteiger partial charge is 0.390 e. The van der Waals surface area contributed by atoms with Gasteiger partial charge in [-0.2, -0.15) is 5.10 Å². The zero-order chi connectivity index (χ0) is 10.7. The predicted molar refractivity (Wildman–Crippen MR) is 57.4 cm³/mol. The third kappa shape index (κ3) is 2.37. The molecule has 1 fully saturated rings. The number of β-amino-alcohol motifs (C(OH)–C–C–N with tert-alkyl or cyclic N) is 1. The minimum atomic E-state index is -0.317. The lowest BCUT2D eigenvalue weighted by molar-refractivity contribution is 0.139. The molecule has 2 rings (SSSR count). The van der Waals surface area contributed by atoms with E-state index in [9.17, 15) is 5.11 Å². The summed E-state index contributed by atoms with van der Waals surface area (Å²) in [5.74, 6) is 0. The summed E-state index contributed by atoms with van der Waals surface area (Å²) in [5, 5.41) is 14.1. The molecule has 0 amide bonds. The third-order valence-corrected chi connectivity index (χ3v) is 2.88. The number of aliphatic hydroxyl groups is 1. The SMILES string of the molecule is NCCCN1C[C@@H](O)[C@H](n2cccn2)C1. The molecule has 0 saturated carbocycles. The number of nitrogens with two attached hydrogens (primary N) is 1. The zero-order valence-corrected chi connectivity index (χ0v) is 8.79. The van der Waals surface area contributed by atoms with E-state index in [-0.39, 0.29) is 12.1 Å². The van der Waals surface area contributed by atoms with Crippen LogP contribution in [0.25, 0.3) is 0 Å². The smallest absolute Gasteiger partial charge is 0.0917 e. The van der Waals surface area contributed by atoms with Crippen LogP contribution in [0, 0.1) is 0 Å². The normalized spacial score (nSPS) is 27.3. The average Bonchev–Trinajstić information content (AvgIpc) is 2.83. The fraction of sp³-hybridized carbons (Fsp3) is 0.700. The van der Waals surface area contributed by atoms with Gasteiger partial charge in [0.25, 0.3) is 0 Å². The van der Waals surface area contributed by atoms with E-state index in [1.54, 1.807) is 6.20 Å². The number of aromatic nitrogens is 2. The highest BCUT2D eigenvalue weighted by Gasteiger charge is 2.32. The van der Waals surface area contributed by atoms with Crippen molar-refractivity contribution >= 4 is 0 Å². The summed E-state index contributed by atoms with van der Waals surface area (Å²) in [4.78, 5) is 2.24. The van der Waals surface area contributed by atoms with Gasteiger partial charge < -0.3 is 10.8 Å². The summed E-state index contributed by atoms with van der Waals surface area (Å²) in [6, 6.07) is 1.98. The molecule has 1 aromatic heterocycles. The van der Waals surface area contributed by atoms with Crippen LogP contribution in [-0.2, 0) is 0 Å². The lowest BCUT2D eigenvalue weighted by Gasteiger charge is -2.15. The molecule has 0 aromatic carbocycles. The van der Waals surface area contributed by atoms with Gasteiger partial charge in [-0.05, 0) is 25.6 Å². The van der Waals surface area contributed by atoms with Crippen molar-refractivity contribution in [3.8, 4) is 0 Å². The molecule has 1 aliphatic heterocycles. The second-order valence-electron chi connectivity index (χ2n) is 4.02. The summed E-state index contributed by atoms with van der Waals surface area (Å²) in [7, 11) is 0. The Kier molecular flexibility index (Phi) is 3.35. The van der Waals surface area contributed by atoms with E-state index < -0.39 is 0 Å². The lowest BCUT2D eigenvalue weighted by Crippen LogP contribution is -2.24. The fourth-order valence-corrected chi connectivity index (χ4v) is 2.08. The molecule has 5 nitrogen and oxygen atoms in total. The van der Waals surface area contributed by atoms with E-state index in [0.717, 1.165) is 26.1 Å². The summed E-state index contributed by atoms with van der Waals surface area (Å²) >= 11 is 0. The van der Waals surface area contributed by atoms with Crippen molar-refractivity contribution in [1.82, 2.24) is 14.7 Å². The molecular weight excluding hydrogens is 192 g/mol. The van der Waals surface area contributed by atoms with Crippen LogP contribution in [0.15, 0.2) is 18.5 Å². The molecule has 84 valence electrons. The van der Waals surface area contributed by atoms with Crippen LogP contribution < -0.4 is 5.73 Å². The molecule has 1 saturated heterocycles. The number of aliphatic hydroxyl groups excluding tert-OH is 1. The Morgan fingerprint density at radius 3 is 3.00 bits per heavy atom. The molecule has 0 bridgehead atoms. The Bertz CT molecular complexity index is 288. The van der Waals surface area contributed by atoms with Gasteiger partial charge in [-0.25, -0.2) is 0 Å². The highest BCUT2D eigenvalue weighted by molar-refractivity contribution is 4.91. The number of hydrogen-bond acceptors (Lipinski definition) is 4. The van der Waals surface area contributed by atoms with Gasteiger partial charge >= 0.3 is 0 Å². The standard InChI is InChI=1S/C10H18N4O/c11-3-1-5-13-7-9(10(15)8-13)14-6-2-4-12-14/h2,4,6,9-10,15H,1,3,5,7-8,11H2/t9-,10-/m1/s1. The second kappa shape index (κ2) is 4.74. The van der Waals surface area contributed by atoms with Gasteiger partial charge in [0.2, 0.25) is 0 Å². The van der Waals surface area contributed by atoms with Crippen molar-refractivity contribution in [3.05, 3.63) is 18.5 Å². The topological polar surface area (TPSA) is 67.3 Å². The Morgan fingerprint density at radius 2 is 2.33 bits per heavy atom. The molecule has 0 radical (unpaired) electrons. The molecule has 1 aliphatic rings. The Balaban J connectivity index is 1.93. The van der Waals surface area contributed by atoms with Gasteiger partial charge in [0.15, 0.2) is 0 Å². The summed E-state index contributed by atoms with van der Waals surface area (Å²) in [5.41, 5.74) is 5.46. The van der Waals surface area contributed by atoms with E-state index in [1.807, 2.05) is 16.9 Å². The molecule has 0 aliphatic carbocycles. The van der Waals surface area contributed by atoms with E-state index in [1.165, 1.54) is 0 Å². The number of hydrogen-bond donors (Lipinski definition) is 2. The van der Waals surface area contributed by atoms with Crippen LogP contribution in [-0.4, -0.2) is 52.1 Å². The van der Waals surface area contributed by atoms with Crippen LogP contribution in [0.4, 0.5) is 0 Å². The van der Waals surface area contributed by atoms with E-state index in [2.05, 4.69) is 10.00 Å². The van der Waals surface area contributed by atoms with Crippen LogP contribution in [0.5, 0.6) is 0 Å². The van der Waals surface area contributed by atoms with Gasteiger partial charge in [-0.1, -0.05) is 0 Å². The van der Waals surface area contributed by atoms with Crippen molar-refractivity contribution < 1.29 is 5.11 Å². The van der Waals surface area contributed by atoms with E-state index in [4.69, 9.17) is 5.73 Å². The fourth-order valence-electron chi connectivity index (χ4n) is 2.08. The molecular formula is C10H18N4O. The second-order valence-corrected chi connectivity index (χ2v) is 4.02. The van der Waals surface area contributed by atoms with Crippen molar-refractivity contribution in [1.29, 1.82) is 0 Å². The molecule has 15 heavy (non-hydrogen) atoms. The van der Waals surface area contributed by atoms with Gasteiger partial charge in [0.1, 0.15) is 0 Å². The van der Waals surface area contributed by atoms with Crippen LogP contribution >= 0.6 is 0 Å². The van der Waals surface area contributed by atoms with Crippen molar-refractivity contribution in [2.24, 2.45) is 5.73 Å². The first-order valence-corrected chi connectivity index (χ1v) is 5.41. The number of nitrogens with zero attached hydrogens (tertiary/aromatic N) is 3. The first-order valence-electron chi connectivity index (χ1n) is 5.41. The highest BCUT2D eigenvalue weighted by atomic mass is 16.3. The average molecular weight is 210 g/mol. The Labute approximate surface area is 89.5 Å². The van der Waals surface area contributed by atoms with Crippen LogP contribution in [0.2, 0.25) is 0 Å². The van der Waals surface area contributed by atoms with Crippen LogP contribution in [0.1, 0.15) is 12.5 Å². The van der Waals surface area contributed by atoms with Crippen molar-refractivity contribution in [2.75, 3.05) is 26.2 Å². The van der Waals surface area contributed by atoms with Gasteiger partial charge in [0.05, 0.1) is 12.1 Å². The van der Waals surface area contributed by atoms with Gasteiger partial charge in [0, 0.05) is 25.5 Å². The van der Waals surface area contributed by atoms with Crippen LogP contribution in [0.3, 0.4) is 0 Å². The predicted octanol–water partition coefficient (Wildman–Crippen LogP) is -0.550. The first-order chi connectivity index (χ1) is 7.31. The quantitative estimate of drug-likeness (QED) is 0.699. The van der Waals surface area contributed by atoms with E-state index in [0.29, 0.717) is 6.54 Å². The van der Waals surface area contributed by atoms with Gasteiger partial charge in [-0.15, -0.1) is 0 Å².